The number of anilines is 1. The van der Waals surface area contributed by atoms with Gasteiger partial charge in [-0.2, -0.15) is 0 Å². The third-order valence-electron chi connectivity index (χ3n) is 5.10. The molecule has 4 aromatic rings. The minimum Gasteiger partial charge on any atom is -0.507 e. The fourth-order valence-electron chi connectivity index (χ4n) is 3.20. The summed E-state index contributed by atoms with van der Waals surface area (Å²) in [4.78, 5) is 16.6. The van der Waals surface area contributed by atoms with E-state index in [-0.39, 0.29) is 10.9 Å². The van der Waals surface area contributed by atoms with E-state index >= 15 is 0 Å². The highest BCUT2D eigenvalue weighted by Crippen LogP contribution is 2.33. The predicted molar refractivity (Wildman–Crippen MR) is 140 cm³/mol. The second kappa shape index (κ2) is 9.85. The first-order chi connectivity index (χ1) is 16.2. The summed E-state index contributed by atoms with van der Waals surface area (Å²) in [5, 5.41) is 16.9. The van der Waals surface area contributed by atoms with Crippen molar-refractivity contribution in [2.75, 3.05) is 5.32 Å². The number of hydrogen-bond donors (Lipinski definition) is 3. The highest BCUT2D eigenvalue weighted by molar-refractivity contribution is 7.80. The molecule has 0 radical (unpaired) electrons. The third-order valence-corrected chi connectivity index (χ3v) is 5.87. The molecule has 4 rings (SSSR count). The van der Waals surface area contributed by atoms with Gasteiger partial charge in [0.15, 0.2) is 10.7 Å². The Morgan fingerprint density at radius 2 is 1.85 bits per heavy atom. The van der Waals surface area contributed by atoms with Crippen LogP contribution in [0.25, 0.3) is 28.6 Å². The van der Waals surface area contributed by atoms with E-state index in [0.29, 0.717) is 38.3 Å². The van der Waals surface area contributed by atoms with Crippen molar-refractivity contribution in [3.8, 4) is 17.2 Å². The van der Waals surface area contributed by atoms with Gasteiger partial charge in [0, 0.05) is 27.9 Å². The van der Waals surface area contributed by atoms with E-state index in [1.54, 1.807) is 36.4 Å². The molecule has 0 atom stereocenters. The van der Waals surface area contributed by atoms with E-state index in [4.69, 9.17) is 39.8 Å². The normalized spacial score (nSPS) is 11.2. The second-order valence-electron chi connectivity index (χ2n) is 7.60. The molecule has 0 unspecified atom stereocenters. The molecule has 0 spiro atoms. The number of aromatic nitrogens is 1. The van der Waals surface area contributed by atoms with Crippen LogP contribution < -0.4 is 10.6 Å². The lowest BCUT2D eigenvalue weighted by Crippen LogP contribution is -2.32. The lowest BCUT2D eigenvalue weighted by Gasteiger charge is -2.09. The van der Waals surface area contributed by atoms with Gasteiger partial charge in [-0.3, -0.25) is 10.1 Å². The van der Waals surface area contributed by atoms with Crippen molar-refractivity contribution in [3.05, 3.63) is 81.3 Å². The summed E-state index contributed by atoms with van der Waals surface area (Å²) in [6, 6.07) is 13.7. The first kappa shape index (κ1) is 23.8. The van der Waals surface area contributed by atoms with Crippen molar-refractivity contribution in [3.63, 3.8) is 0 Å². The molecule has 1 heterocycles. The number of aromatic hydroxyl groups is 1. The minimum absolute atomic E-state index is 0.0450. The molecule has 1 aromatic heterocycles. The molecule has 0 aliphatic rings. The van der Waals surface area contributed by atoms with Crippen molar-refractivity contribution in [1.29, 1.82) is 0 Å². The van der Waals surface area contributed by atoms with Gasteiger partial charge in [0.25, 0.3) is 0 Å². The highest BCUT2D eigenvalue weighted by Gasteiger charge is 2.14. The van der Waals surface area contributed by atoms with Gasteiger partial charge < -0.3 is 14.8 Å². The van der Waals surface area contributed by atoms with Crippen LogP contribution in [0.3, 0.4) is 0 Å². The number of rotatable bonds is 4. The minimum atomic E-state index is -0.443. The first-order valence-electron chi connectivity index (χ1n) is 10.2. The molecule has 6 nitrogen and oxygen atoms in total. The molecule has 0 saturated heterocycles. The lowest BCUT2D eigenvalue weighted by atomic mass is 10.1. The van der Waals surface area contributed by atoms with E-state index in [2.05, 4.69) is 15.6 Å². The van der Waals surface area contributed by atoms with Gasteiger partial charge >= 0.3 is 0 Å². The fraction of sp³-hybridized carbons (Fsp3) is 0.0800. The van der Waals surface area contributed by atoms with E-state index in [0.717, 1.165) is 16.6 Å². The van der Waals surface area contributed by atoms with Crippen molar-refractivity contribution in [2.24, 2.45) is 0 Å². The van der Waals surface area contributed by atoms with E-state index in [9.17, 15) is 9.90 Å². The lowest BCUT2D eigenvalue weighted by molar-refractivity contribution is -0.115. The number of thiocarbonyl (C=S) groups is 1. The molecule has 34 heavy (non-hydrogen) atoms. The zero-order valence-electron chi connectivity index (χ0n) is 18.1. The highest BCUT2D eigenvalue weighted by atomic mass is 35.5. The molecule has 172 valence electrons. The maximum atomic E-state index is 12.2. The molecule has 1 amide bonds. The summed E-state index contributed by atoms with van der Waals surface area (Å²) in [7, 11) is 0. The summed E-state index contributed by atoms with van der Waals surface area (Å²) in [5.41, 5.74) is 5.14. The van der Waals surface area contributed by atoms with E-state index in [1.807, 2.05) is 26.0 Å². The SMILES string of the molecule is Cc1cc2nc(-c3ccc(NC(=S)NC(=O)C=Cc4ccc(Cl)cc4Cl)cc3O)oc2cc1C. The summed E-state index contributed by atoms with van der Waals surface area (Å²) in [6.45, 7) is 4.00. The van der Waals surface area contributed by atoms with Gasteiger partial charge in [-0.05, 0) is 85.2 Å². The van der Waals surface area contributed by atoms with Gasteiger partial charge in [0.05, 0.1) is 5.56 Å². The number of nitrogens with zero attached hydrogens (tertiary/aromatic N) is 1. The van der Waals surface area contributed by atoms with Gasteiger partial charge in [-0.15, -0.1) is 0 Å². The van der Waals surface area contributed by atoms with Crippen molar-refractivity contribution in [2.45, 2.75) is 13.8 Å². The van der Waals surface area contributed by atoms with Crippen LogP contribution in [-0.2, 0) is 4.79 Å². The number of aryl methyl sites for hydroxylation is 2. The van der Waals surface area contributed by atoms with Crippen LogP contribution in [0.5, 0.6) is 5.75 Å². The fourth-order valence-corrected chi connectivity index (χ4v) is 3.89. The average molecular weight is 512 g/mol. The van der Waals surface area contributed by atoms with Gasteiger partial charge in [-0.25, -0.2) is 4.98 Å². The number of phenolic OH excluding ortho intramolecular Hbond substituents is 1. The molecule has 0 bridgehead atoms. The number of amides is 1. The van der Waals surface area contributed by atoms with Crippen molar-refractivity contribution < 1.29 is 14.3 Å². The van der Waals surface area contributed by atoms with Crippen molar-refractivity contribution in [1.82, 2.24) is 10.3 Å². The number of halogens is 2. The number of phenols is 1. The molecule has 0 aliphatic carbocycles. The summed E-state index contributed by atoms with van der Waals surface area (Å²) in [5.74, 6) is -0.177. The van der Waals surface area contributed by atoms with Crippen LogP contribution in [0.4, 0.5) is 5.69 Å². The quantitative estimate of drug-likeness (QED) is 0.210. The van der Waals surface area contributed by atoms with Gasteiger partial charge in [0.2, 0.25) is 11.8 Å². The first-order valence-corrected chi connectivity index (χ1v) is 11.3. The molecule has 3 aromatic carbocycles. The smallest absolute Gasteiger partial charge is 0.250 e. The Bertz CT molecular complexity index is 1420. The zero-order chi connectivity index (χ0) is 24.4. The van der Waals surface area contributed by atoms with Crippen LogP contribution >= 0.6 is 35.4 Å². The number of fused-ring (bicyclic) bond motifs is 1. The predicted octanol–water partition coefficient (Wildman–Crippen LogP) is 6.65. The molecular weight excluding hydrogens is 493 g/mol. The monoisotopic (exact) mass is 511 g/mol. The van der Waals surface area contributed by atoms with Crippen LogP contribution in [-0.4, -0.2) is 21.1 Å². The van der Waals surface area contributed by atoms with Crippen molar-refractivity contribution >= 4 is 69.3 Å². The number of nitrogens with one attached hydrogen (secondary N) is 2. The Labute approximate surface area is 211 Å². The van der Waals surface area contributed by atoms with Gasteiger partial charge in [-0.1, -0.05) is 29.3 Å². The Kier molecular flexibility index (Phi) is 6.88. The summed E-state index contributed by atoms with van der Waals surface area (Å²) >= 11 is 17.2. The largest absolute Gasteiger partial charge is 0.507 e. The number of carbonyl (C=O) groups is 1. The molecule has 9 heteroatoms. The third kappa shape index (κ3) is 5.39. The van der Waals surface area contributed by atoms with E-state index in [1.165, 1.54) is 12.1 Å². The molecule has 0 saturated carbocycles. The number of benzene rings is 3. The zero-order valence-corrected chi connectivity index (χ0v) is 20.5. The second-order valence-corrected chi connectivity index (χ2v) is 8.85. The summed E-state index contributed by atoms with van der Waals surface area (Å²) in [6.07, 6.45) is 2.86. The number of carbonyl (C=O) groups excluding carboxylic acids is 1. The number of oxazole rings is 1. The maximum Gasteiger partial charge on any atom is 0.250 e. The average Bonchev–Trinajstić information content (AvgIpc) is 3.15. The number of hydrogen-bond acceptors (Lipinski definition) is 5. The summed E-state index contributed by atoms with van der Waals surface area (Å²) < 4.78 is 5.82. The topological polar surface area (TPSA) is 87.4 Å². The van der Waals surface area contributed by atoms with Crippen LogP contribution in [0.15, 0.2) is 59.0 Å². The Balaban J connectivity index is 1.42. The van der Waals surface area contributed by atoms with Gasteiger partial charge in [0.1, 0.15) is 11.3 Å². The Hall–Kier alpha value is -3.39. The van der Waals surface area contributed by atoms with Crippen LogP contribution in [0.1, 0.15) is 16.7 Å². The standard InChI is InChI=1S/C25H19Cl2N3O3S/c1-13-9-20-22(10-14(13)2)33-24(29-20)18-7-6-17(12-21(18)31)28-25(34)30-23(32)8-4-15-3-5-16(26)11-19(15)27/h3-12,31H,1-2H3,(H2,28,30,32,34). The molecule has 0 aliphatic heterocycles. The van der Waals surface area contributed by atoms with Crippen LogP contribution in [0.2, 0.25) is 10.0 Å². The maximum absolute atomic E-state index is 12.2. The van der Waals surface area contributed by atoms with Crippen LogP contribution in [0, 0.1) is 13.8 Å². The Morgan fingerprint density at radius 1 is 1.09 bits per heavy atom. The van der Waals surface area contributed by atoms with E-state index < -0.39 is 5.91 Å². The Morgan fingerprint density at radius 3 is 2.59 bits per heavy atom. The molecule has 0 fully saturated rings. The molecule has 3 N–H and O–H groups in total. The molecular formula is C25H19Cl2N3O3S.